The van der Waals surface area contributed by atoms with E-state index >= 15 is 0 Å². The molecular weight excluding hydrogens is 124 g/mol. The van der Waals surface area contributed by atoms with Gasteiger partial charge in [-0.25, -0.2) is 4.99 Å². The number of nitrogens with one attached hydrogen (secondary N) is 1. The molecule has 5 nitrogen and oxygen atoms in total. The molecule has 1 aliphatic heterocycles. The maximum atomic E-state index is 8.68. The summed E-state index contributed by atoms with van der Waals surface area (Å²) in [5.74, 6) is -2.97. The van der Waals surface area contributed by atoms with Crippen molar-refractivity contribution in [1.29, 1.82) is 0 Å². The van der Waals surface area contributed by atoms with Gasteiger partial charge in [0.1, 0.15) is 0 Å². The maximum absolute atomic E-state index is 8.68. The number of aliphatic hydroxyl groups is 3. The van der Waals surface area contributed by atoms with Gasteiger partial charge in [-0.2, -0.15) is 0 Å². The van der Waals surface area contributed by atoms with Gasteiger partial charge >= 0.3 is 5.91 Å². The van der Waals surface area contributed by atoms with Gasteiger partial charge in [0.2, 0.25) is 0 Å². The second-order valence-electron chi connectivity index (χ2n) is 1.61. The number of aliphatic hydroxyl groups excluding tert-OH is 1. The fraction of sp³-hybridized carbons (Fsp3) is 0.250. The van der Waals surface area contributed by atoms with E-state index in [0.29, 0.717) is 0 Å². The van der Waals surface area contributed by atoms with Gasteiger partial charge in [0, 0.05) is 0 Å². The van der Waals surface area contributed by atoms with Crippen LogP contribution in [0.25, 0.3) is 0 Å². The van der Waals surface area contributed by atoms with Crippen LogP contribution >= 0.6 is 0 Å². The highest BCUT2D eigenvalue weighted by Gasteiger charge is 2.28. The molecule has 0 aromatic carbocycles. The SMILES string of the molecule is OC1=CN=CNC1(O)O. The van der Waals surface area contributed by atoms with Crippen LogP contribution in [0.5, 0.6) is 0 Å². The first-order valence-electron chi connectivity index (χ1n) is 2.26. The standard InChI is InChI=1S/C4H6N2O3/c7-3-1-5-2-6-4(3,8)9/h1-2,7-9H,(H,5,6). The number of aliphatic imine (C=N–C) groups is 1. The van der Waals surface area contributed by atoms with E-state index in [1.165, 1.54) is 0 Å². The van der Waals surface area contributed by atoms with Crippen molar-refractivity contribution in [2.75, 3.05) is 0 Å². The molecule has 9 heavy (non-hydrogen) atoms. The normalized spacial score (nSPS) is 22.7. The summed E-state index contributed by atoms with van der Waals surface area (Å²) in [6, 6.07) is 0. The molecule has 0 atom stereocenters. The molecule has 0 aliphatic carbocycles. The average Bonchev–Trinajstić information content (AvgIpc) is 1.77. The first-order valence-corrected chi connectivity index (χ1v) is 2.26. The first-order chi connectivity index (χ1) is 4.13. The second kappa shape index (κ2) is 1.71. The summed E-state index contributed by atoms with van der Waals surface area (Å²) >= 11 is 0. The van der Waals surface area contributed by atoms with E-state index < -0.39 is 11.7 Å². The van der Waals surface area contributed by atoms with Crippen molar-refractivity contribution in [2.24, 2.45) is 4.99 Å². The number of nitrogens with zero attached hydrogens (tertiary/aromatic N) is 1. The topological polar surface area (TPSA) is 85.1 Å². The molecule has 0 aromatic rings. The Bertz CT molecular complexity index is 173. The zero-order valence-corrected chi connectivity index (χ0v) is 4.44. The summed E-state index contributed by atoms with van der Waals surface area (Å²) in [4.78, 5) is 3.39. The molecule has 0 saturated carbocycles. The molecule has 1 aliphatic rings. The van der Waals surface area contributed by atoms with Crippen LogP contribution in [-0.2, 0) is 0 Å². The third kappa shape index (κ3) is 1.01. The Morgan fingerprint density at radius 1 is 1.56 bits per heavy atom. The van der Waals surface area contributed by atoms with Crippen LogP contribution in [0.15, 0.2) is 17.0 Å². The minimum atomic E-state index is -2.35. The predicted octanol–water partition coefficient (Wildman–Crippen LogP) is -1.34. The first kappa shape index (κ1) is 6.06. The van der Waals surface area contributed by atoms with E-state index in [2.05, 4.69) is 4.99 Å². The van der Waals surface area contributed by atoms with E-state index in [0.717, 1.165) is 12.5 Å². The van der Waals surface area contributed by atoms with Crippen molar-refractivity contribution in [1.82, 2.24) is 5.32 Å². The minimum absolute atomic E-state index is 0.620. The van der Waals surface area contributed by atoms with Crippen molar-refractivity contribution in [2.45, 2.75) is 5.91 Å². The van der Waals surface area contributed by atoms with Gasteiger partial charge in [0.15, 0.2) is 5.76 Å². The molecule has 4 N–H and O–H groups in total. The van der Waals surface area contributed by atoms with Gasteiger partial charge in [0.05, 0.1) is 12.5 Å². The fourth-order valence-electron chi connectivity index (χ4n) is 0.399. The van der Waals surface area contributed by atoms with E-state index in [4.69, 9.17) is 15.3 Å². The molecule has 1 rings (SSSR count). The number of rotatable bonds is 0. The molecule has 0 amide bonds. The molecule has 0 spiro atoms. The van der Waals surface area contributed by atoms with Crippen LogP contribution in [-0.4, -0.2) is 27.6 Å². The van der Waals surface area contributed by atoms with Crippen LogP contribution < -0.4 is 5.32 Å². The maximum Gasteiger partial charge on any atom is 0.308 e. The zero-order valence-electron chi connectivity index (χ0n) is 4.44. The lowest BCUT2D eigenvalue weighted by molar-refractivity contribution is -0.163. The Kier molecular flexibility index (Phi) is 1.15. The Morgan fingerprint density at radius 3 is 2.56 bits per heavy atom. The average molecular weight is 130 g/mol. The molecule has 0 fully saturated rings. The lowest BCUT2D eigenvalue weighted by Gasteiger charge is -2.21. The van der Waals surface area contributed by atoms with E-state index in [1.54, 1.807) is 0 Å². The van der Waals surface area contributed by atoms with Crippen molar-refractivity contribution in [3.05, 3.63) is 12.0 Å². The number of hydrogen-bond acceptors (Lipinski definition) is 5. The van der Waals surface area contributed by atoms with Crippen molar-refractivity contribution in [3.8, 4) is 0 Å². The van der Waals surface area contributed by atoms with E-state index in [9.17, 15) is 0 Å². The smallest absolute Gasteiger partial charge is 0.308 e. The third-order valence-corrected chi connectivity index (χ3v) is 0.894. The molecular formula is C4H6N2O3. The third-order valence-electron chi connectivity index (χ3n) is 0.894. The van der Waals surface area contributed by atoms with Crippen LogP contribution in [0.2, 0.25) is 0 Å². The highest BCUT2D eigenvalue weighted by molar-refractivity contribution is 5.58. The molecule has 0 radical (unpaired) electrons. The monoisotopic (exact) mass is 130 g/mol. The Labute approximate surface area is 51.0 Å². The quantitative estimate of drug-likeness (QED) is 0.305. The van der Waals surface area contributed by atoms with Gasteiger partial charge in [-0.15, -0.1) is 0 Å². The van der Waals surface area contributed by atoms with Gasteiger partial charge in [-0.3, -0.25) is 0 Å². The summed E-state index contributed by atoms with van der Waals surface area (Å²) in [5.41, 5.74) is 0. The molecule has 1 heterocycles. The van der Waals surface area contributed by atoms with Crippen LogP contribution in [0, 0.1) is 0 Å². The molecule has 0 saturated heterocycles. The summed E-state index contributed by atoms with van der Waals surface area (Å²) in [5, 5.41) is 28.0. The Balaban J connectivity index is 2.83. The lowest BCUT2D eigenvalue weighted by atomic mass is 10.4. The summed E-state index contributed by atoms with van der Waals surface area (Å²) < 4.78 is 0. The molecule has 0 aromatic heterocycles. The zero-order chi connectivity index (χ0) is 6.91. The summed E-state index contributed by atoms with van der Waals surface area (Å²) in [6.45, 7) is 0. The van der Waals surface area contributed by atoms with Crippen LogP contribution in [0.4, 0.5) is 0 Å². The van der Waals surface area contributed by atoms with Gasteiger partial charge in [-0.1, -0.05) is 0 Å². The molecule has 50 valence electrons. The largest absolute Gasteiger partial charge is 0.504 e. The van der Waals surface area contributed by atoms with Gasteiger partial charge in [0.25, 0.3) is 0 Å². The van der Waals surface area contributed by atoms with Crippen molar-refractivity contribution in [3.63, 3.8) is 0 Å². The molecule has 0 bridgehead atoms. The van der Waals surface area contributed by atoms with Crippen molar-refractivity contribution < 1.29 is 15.3 Å². The highest BCUT2D eigenvalue weighted by atomic mass is 16.5. The predicted molar refractivity (Wildman–Crippen MR) is 29.5 cm³/mol. The molecule has 5 heteroatoms. The Morgan fingerprint density at radius 2 is 2.22 bits per heavy atom. The summed E-state index contributed by atoms with van der Waals surface area (Å²) in [7, 11) is 0. The fourth-order valence-corrected chi connectivity index (χ4v) is 0.399. The number of hydrogen-bond donors (Lipinski definition) is 4. The lowest BCUT2D eigenvalue weighted by Crippen LogP contribution is -2.47. The van der Waals surface area contributed by atoms with E-state index in [1.807, 2.05) is 5.32 Å². The summed E-state index contributed by atoms with van der Waals surface area (Å²) in [6.07, 6.45) is 2.01. The second-order valence-corrected chi connectivity index (χ2v) is 1.61. The van der Waals surface area contributed by atoms with E-state index in [-0.39, 0.29) is 0 Å². The van der Waals surface area contributed by atoms with Crippen molar-refractivity contribution >= 4 is 6.34 Å². The molecule has 0 unspecified atom stereocenters. The highest BCUT2D eigenvalue weighted by Crippen LogP contribution is 2.07. The van der Waals surface area contributed by atoms with Gasteiger partial charge in [-0.05, 0) is 0 Å². The Hall–Kier alpha value is -1.07. The van der Waals surface area contributed by atoms with Crippen LogP contribution in [0.3, 0.4) is 0 Å². The van der Waals surface area contributed by atoms with Crippen LogP contribution in [0.1, 0.15) is 0 Å². The van der Waals surface area contributed by atoms with Gasteiger partial charge < -0.3 is 20.6 Å². The minimum Gasteiger partial charge on any atom is -0.504 e.